The summed E-state index contributed by atoms with van der Waals surface area (Å²) in [6, 6.07) is 6.83. The quantitative estimate of drug-likeness (QED) is 0.785. The summed E-state index contributed by atoms with van der Waals surface area (Å²) in [4.78, 5) is 38.3. The first-order valence-corrected chi connectivity index (χ1v) is 8.48. The summed E-state index contributed by atoms with van der Waals surface area (Å²) in [6.07, 6.45) is 0.439. The topological polar surface area (TPSA) is 70.2 Å². The molecule has 25 heavy (non-hydrogen) atoms. The number of imide groups is 1. The van der Waals surface area contributed by atoms with Crippen LogP contribution in [-0.2, 0) is 4.74 Å². The van der Waals surface area contributed by atoms with Crippen molar-refractivity contribution in [3.63, 3.8) is 0 Å². The Morgan fingerprint density at radius 2 is 1.64 bits per heavy atom. The van der Waals surface area contributed by atoms with E-state index < -0.39 is 11.7 Å². The van der Waals surface area contributed by atoms with Gasteiger partial charge >= 0.3 is 6.09 Å². The molecule has 0 atom stereocenters. The van der Waals surface area contributed by atoms with Crippen molar-refractivity contribution in [1.29, 1.82) is 0 Å². The molecule has 0 aromatic heterocycles. The van der Waals surface area contributed by atoms with E-state index in [9.17, 15) is 14.4 Å². The molecular weight excluding hydrogens is 322 g/mol. The molecule has 0 spiro atoms. The molecule has 0 bridgehead atoms. The van der Waals surface area contributed by atoms with Crippen molar-refractivity contribution in [1.82, 2.24) is 14.9 Å². The summed E-state index contributed by atoms with van der Waals surface area (Å²) >= 11 is 0. The van der Waals surface area contributed by atoms with Crippen LogP contribution in [-0.4, -0.2) is 64.6 Å². The van der Waals surface area contributed by atoms with Crippen molar-refractivity contribution in [3.05, 3.63) is 35.4 Å². The first kappa shape index (κ1) is 17.4. The smallest absolute Gasteiger partial charge is 0.424 e. The first-order chi connectivity index (χ1) is 11.8. The number of hydrazine groups is 1. The van der Waals surface area contributed by atoms with Gasteiger partial charge in [-0.2, -0.15) is 0 Å². The number of rotatable bonds is 3. The Bertz CT molecular complexity index is 676. The van der Waals surface area contributed by atoms with Gasteiger partial charge in [0.1, 0.15) is 5.60 Å². The Balaban J connectivity index is 1.63. The molecule has 7 heteroatoms. The zero-order valence-electron chi connectivity index (χ0n) is 14.8. The summed E-state index contributed by atoms with van der Waals surface area (Å²) in [7, 11) is 0. The van der Waals surface area contributed by atoms with Crippen LogP contribution in [0.3, 0.4) is 0 Å². The Hall–Kier alpha value is -2.41. The molecule has 0 aliphatic carbocycles. The minimum Gasteiger partial charge on any atom is -0.443 e. The van der Waals surface area contributed by atoms with Gasteiger partial charge in [0.05, 0.1) is 11.1 Å². The van der Waals surface area contributed by atoms with Gasteiger partial charge in [-0.05, 0) is 39.3 Å². The van der Waals surface area contributed by atoms with Crippen LogP contribution in [0.15, 0.2) is 24.3 Å². The van der Waals surface area contributed by atoms with Gasteiger partial charge in [-0.3, -0.25) is 14.5 Å². The number of nitrogens with zero attached hydrogens (tertiary/aromatic N) is 3. The van der Waals surface area contributed by atoms with Crippen LogP contribution in [0.4, 0.5) is 4.79 Å². The summed E-state index contributed by atoms with van der Waals surface area (Å²) in [5, 5.41) is 3.40. The summed E-state index contributed by atoms with van der Waals surface area (Å²) in [5.74, 6) is -0.549. The second-order valence-electron chi connectivity index (χ2n) is 7.22. The fourth-order valence-corrected chi connectivity index (χ4v) is 3.08. The van der Waals surface area contributed by atoms with Gasteiger partial charge in [0, 0.05) is 26.2 Å². The lowest BCUT2D eigenvalue weighted by Crippen LogP contribution is -2.47. The summed E-state index contributed by atoms with van der Waals surface area (Å²) in [6.45, 7) is 7.40. The second kappa shape index (κ2) is 6.48. The maximum Gasteiger partial charge on any atom is 0.424 e. The highest BCUT2D eigenvalue weighted by molar-refractivity contribution is 6.21. The first-order valence-electron chi connectivity index (χ1n) is 8.48. The number of fused-ring (bicyclic) bond motifs is 1. The molecule has 7 nitrogen and oxygen atoms in total. The number of hydrogen-bond donors (Lipinski definition) is 0. The maximum atomic E-state index is 12.4. The number of carbonyl (C=O) groups is 3. The molecule has 0 saturated carbocycles. The van der Waals surface area contributed by atoms with E-state index in [1.54, 1.807) is 29.3 Å². The second-order valence-corrected chi connectivity index (χ2v) is 7.22. The predicted molar refractivity (Wildman–Crippen MR) is 90.9 cm³/mol. The molecule has 0 N–H and O–H groups in total. The number of carbonyl (C=O) groups excluding carboxylic acids is 3. The summed E-state index contributed by atoms with van der Waals surface area (Å²) < 4.78 is 5.41. The molecule has 2 aliphatic rings. The predicted octanol–water partition coefficient (Wildman–Crippen LogP) is 2.14. The molecule has 0 unspecified atom stereocenters. The van der Waals surface area contributed by atoms with E-state index in [2.05, 4.69) is 0 Å². The van der Waals surface area contributed by atoms with Crippen LogP contribution in [0, 0.1) is 0 Å². The molecule has 1 aromatic rings. The van der Waals surface area contributed by atoms with Crippen molar-refractivity contribution in [2.45, 2.75) is 32.8 Å². The van der Waals surface area contributed by atoms with Crippen LogP contribution >= 0.6 is 0 Å². The van der Waals surface area contributed by atoms with Gasteiger partial charge in [0.2, 0.25) is 0 Å². The van der Waals surface area contributed by atoms with E-state index in [4.69, 9.17) is 4.74 Å². The van der Waals surface area contributed by atoms with Crippen molar-refractivity contribution in [2.75, 3.05) is 26.2 Å². The molecule has 2 aliphatic heterocycles. The number of hydrogen-bond acceptors (Lipinski definition) is 5. The van der Waals surface area contributed by atoms with Gasteiger partial charge in [-0.15, -0.1) is 0 Å². The van der Waals surface area contributed by atoms with Gasteiger partial charge in [-0.25, -0.2) is 14.8 Å². The van der Waals surface area contributed by atoms with Crippen molar-refractivity contribution < 1.29 is 19.1 Å². The fourth-order valence-electron chi connectivity index (χ4n) is 3.08. The molecule has 1 fully saturated rings. The highest BCUT2D eigenvalue weighted by Crippen LogP contribution is 2.23. The molecule has 0 radical (unpaired) electrons. The third-order valence-electron chi connectivity index (χ3n) is 4.19. The fraction of sp³-hybridized carbons (Fsp3) is 0.500. The minimum atomic E-state index is -0.562. The van der Waals surface area contributed by atoms with E-state index in [1.165, 1.54) is 4.90 Å². The van der Waals surface area contributed by atoms with E-state index in [0.29, 0.717) is 30.8 Å². The third-order valence-corrected chi connectivity index (χ3v) is 4.19. The average Bonchev–Trinajstić information content (AvgIpc) is 3.09. The normalized spacial score (nSPS) is 18.0. The molecule has 3 amide bonds. The van der Waals surface area contributed by atoms with Crippen LogP contribution in [0.2, 0.25) is 0 Å². The molecule has 134 valence electrons. The van der Waals surface area contributed by atoms with Crippen LogP contribution in [0.1, 0.15) is 47.9 Å². The zero-order valence-corrected chi connectivity index (χ0v) is 14.8. The van der Waals surface area contributed by atoms with Crippen molar-refractivity contribution >= 4 is 17.9 Å². The Morgan fingerprint density at radius 1 is 1.04 bits per heavy atom. The highest BCUT2D eigenvalue weighted by Gasteiger charge is 2.36. The van der Waals surface area contributed by atoms with Gasteiger partial charge in [-0.1, -0.05) is 12.1 Å². The lowest BCUT2D eigenvalue weighted by molar-refractivity contribution is -0.0272. The highest BCUT2D eigenvalue weighted by atomic mass is 16.6. The SMILES string of the molecule is CC(C)(C)OC(=O)N1CCCN1CCN1C(=O)c2ccccc2C1=O. The van der Waals surface area contributed by atoms with Gasteiger partial charge in [0.15, 0.2) is 0 Å². The van der Waals surface area contributed by atoms with E-state index in [0.717, 1.165) is 6.42 Å². The van der Waals surface area contributed by atoms with Gasteiger partial charge in [0.25, 0.3) is 11.8 Å². The monoisotopic (exact) mass is 345 g/mol. The van der Waals surface area contributed by atoms with E-state index in [1.807, 2.05) is 25.8 Å². The molecule has 1 saturated heterocycles. The number of amides is 3. The van der Waals surface area contributed by atoms with Crippen molar-refractivity contribution in [2.24, 2.45) is 0 Å². The lowest BCUT2D eigenvalue weighted by Gasteiger charge is -2.31. The molecule has 2 heterocycles. The summed E-state index contributed by atoms with van der Waals surface area (Å²) in [5.41, 5.74) is 0.323. The van der Waals surface area contributed by atoms with Crippen molar-refractivity contribution in [3.8, 4) is 0 Å². The number of ether oxygens (including phenoxy) is 1. The van der Waals surface area contributed by atoms with Crippen LogP contribution in [0.5, 0.6) is 0 Å². The van der Waals surface area contributed by atoms with Gasteiger partial charge < -0.3 is 4.74 Å². The Kier molecular flexibility index (Phi) is 4.51. The molecular formula is C18H23N3O4. The third kappa shape index (κ3) is 3.51. The largest absolute Gasteiger partial charge is 0.443 e. The Labute approximate surface area is 147 Å². The molecule has 3 rings (SSSR count). The standard InChI is InChI=1S/C18H23N3O4/c1-18(2,3)25-17(24)21-10-6-9-19(21)11-12-20-15(22)13-7-4-5-8-14(13)16(20)23/h4-5,7-8H,6,9-12H2,1-3H3. The maximum absolute atomic E-state index is 12.4. The van der Waals surface area contributed by atoms with E-state index in [-0.39, 0.29) is 18.4 Å². The average molecular weight is 345 g/mol. The lowest BCUT2D eigenvalue weighted by atomic mass is 10.1. The Morgan fingerprint density at radius 3 is 2.20 bits per heavy atom. The van der Waals surface area contributed by atoms with Crippen LogP contribution < -0.4 is 0 Å². The van der Waals surface area contributed by atoms with E-state index >= 15 is 0 Å². The minimum absolute atomic E-state index is 0.242. The number of benzene rings is 1. The zero-order chi connectivity index (χ0) is 18.2. The van der Waals surface area contributed by atoms with Crippen LogP contribution in [0.25, 0.3) is 0 Å². The molecule has 1 aromatic carbocycles.